The summed E-state index contributed by atoms with van der Waals surface area (Å²) >= 11 is 0. The minimum atomic E-state index is -1.46. The lowest BCUT2D eigenvalue weighted by atomic mass is 10.0. The highest BCUT2D eigenvalue weighted by atomic mass is 16.5. The van der Waals surface area contributed by atoms with E-state index in [1.54, 1.807) is 19.9 Å². The predicted molar refractivity (Wildman–Crippen MR) is 61.0 cm³/mol. The number of aliphatic hydroxyl groups is 1. The maximum absolute atomic E-state index is 11.4. The summed E-state index contributed by atoms with van der Waals surface area (Å²) in [5, 5.41) is 19.3. The lowest BCUT2D eigenvalue weighted by Gasteiger charge is -2.15. The van der Waals surface area contributed by atoms with Crippen molar-refractivity contribution in [2.24, 2.45) is 0 Å². The van der Waals surface area contributed by atoms with Gasteiger partial charge in [0.05, 0.1) is 13.7 Å². The van der Waals surface area contributed by atoms with Gasteiger partial charge in [-0.3, -0.25) is 0 Å². The molecule has 17 heavy (non-hydrogen) atoms. The molecule has 0 aliphatic carbocycles. The molecule has 1 atom stereocenters. The topological polar surface area (TPSA) is 76.0 Å². The van der Waals surface area contributed by atoms with Gasteiger partial charge in [-0.2, -0.15) is 0 Å². The van der Waals surface area contributed by atoms with Gasteiger partial charge in [0.1, 0.15) is 11.5 Å². The molecule has 0 fully saturated rings. The number of hydrogen-bond acceptors (Lipinski definition) is 5. The van der Waals surface area contributed by atoms with E-state index < -0.39 is 12.1 Å². The average Bonchev–Trinajstić information content (AvgIpc) is 2.31. The fourth-order valence-corrected chi connectivity index (χ4v) is 1.42. The second-order valence-electron chi connectivity index (χ2n) is 3.54. The van der Waals surface area contributed by atoms with Crippen LogP contribution in [0.3, 0.4) is 0 Å². The fraction of sp³-hybridized carbons (Fsp3) is 0.417. The van der Waals surface area contributed by atoms with Crippen LogP contribution >= 0.6 is 0 Å². The van der Waals surface area contributed by atoms with Crippen molar-refractivity contribution in [3.63, 3.8) is 0 Å². The van der Waals surface area contributed by atoms with Crippen molar-refractivity contribution in [3.05, 3.63) is 23.3 Å². The number of ether oxygens (including phenoxy) is 2. The molecule has 0 amide bonds. The van der Waals surface area contributed by atoms with Crippen LogP contribution in [0.15, 0.2) is 12.1 Å². The number of esters is 1. The van der Waals surface area contributed by atoms with E-state index in [0.29, 0.717) is 11.3 Å². The van der Waals surface area contributed by atoms with Gasteiger partial charge in [-0.25, -0.2) is 4.79 Å². The molecule has 0 spiro atoms. The Morgan fingerprint density at radius 3 is 2.65 bits per heavy atom. The van der Waals surface area contributed by atoms with Crippen molar-refractivity contribution < 1.29 is 24.5 Å². The van der Waals surface area contributed by atoms with Crippen LogP contribution in [-0.2, 0) is 9.53 Å². The van der Waals surface area contributed by atoms with Crippen LogP contribution in [0.5, 0.6) is 11.5 Å². The molecule has 94 valence electrons. The quantitative estimate of drug-likeness (QED) is 0.776. The third kappa shape index (κ3) is 2.88. The van der Waals surface area contributed by atoms with E-state index in [1.165, 1.54) is 13.2 Å². The molecule has 1 aromatic carbocycles. The molecule has 1 rings (SSSR count). The Bertz CT molecular complexity index is 414. The highest BCUT2D eigenvalue weighted by Gasteiger charge is 2.23. The SMILES string of the molecule is CCOC(=O)C(O)c1cc(O)c(C)cc1OC. The first kappa shape index (κ1) is 13.3. The average molecular weight is 240 g/mol. The van der Waals surface area contributed by atoms with Crippen LogP contribution in [0, 0.1) is 6.92 Å². The van der Waals surface area contributed by atoms with Crippen LogP contribution in [0.1, 0.15) is 24.2 Å². The number of aliphatic hydroxyl groups excluding tert-OH is 1. The van der Waals surface area contributed by atoms with Gasteiger partial charge in [-0.1, -0.05) is 0 Å². The zero-order valence-electron chi connectivity index (χ0n) is 10.1. The molecule has 0 aromatic heterocycles. The summed E-state index contributed by atoms with van der Waals surface area (Å²) in [6.45, 7) is 3.52. The van der Waals surface area contributed by atoms with Crippen molar-refractivity contribution in [2.75, 3.05) is 13.7 Å². The highest BCUT2D eigenvalue weighted by molar-refractivity contribution is 5.77. The van der Waals surface area contributed by atoms with E-state index in [0.717, 1.165) is 0 Å². The van der Waals surface area contributed by atoms with E-state index >= 15 is 0 Å². The van der Waals surface area contributed by atoms with Gasteiger partial charge in [0.2, 0.25) is 0 Å². The van der Waals surface area contributed by atoms with Gasteiger partial charge in [-0.15, -0.1) is 0 Å². The number of benzene rings is 1. The van der Waals surface area contributed by atoms with Crippen molar-refractivity contribution in [2.45, 2.75) is 20.0 Å². The maximum Gasteiger partial charge on any atom is 0.339 e. The molecule has 5 nitrogen and oxygen atoms in total. The lowest BCUT2D eigenvalue weighted by molar-refractivity contribution is -0.153. The van der Waals surface area contributed by atoms with Gasteiger partial charge < -0.3 is 19.7 Å². The smallest absolute Gasteiger partial charge is 0.339 e. The summed E-state index contributed by atoms with van der Waals surface area (Å²) in [4.78, 5) is 11.4. The zero-order valence-corrected chi connectivity index (χ0v) is 10.1. The maximum atomic E-state index is 11.4. The third-order valence-electron chi connectivity index (χ3n) is 2.35. The Hall–Kier alpha value is -1.75. The van der Waals surface area contributed by atoms with Crippen molar-refractivity contribution in [3.8, 4) is 11.5 Å². The molecule has 0 aliphatic rings. The van der Waals surface area contributed by atoms with Gasteiger partial charge in [-0.05, 0) is 31.5 Å². The summed E-state index contributed by atoms with van der Waals surface area (Å²) in [5.41, 5.74) is 0.788. The Balaban J connectivity index is 3.11. The summed E-state index contributed by atoms with van der Waals surface area (Å²) < 4.78 is 9.75. The Labute approximate surface area is 99.6 Å². The van der Waals surface area contributed by atoms with Crippen molar-refractivity contribution >= 4 is 5.97 Å². The normalized spacial score (nSPS) is 12.0. The number of phenolic OH excluding ortho intramolecular Hbond substituents is 1. The molecule has 5 heteroatoms. The van der Waals surface area contributed by atoms with Crippen molar-refractivity contribution in [1.29, 1.82) is 0 Å². The summed E-state index contributed by atoms with van der Waals surface area (Å²) in [6, 6.07) is 2.85. The minimum Gasteiger partial charge on any atom is -0.508 e. The molecule has 1 aromatic rings. The number of methoxy groups -OCH3 is 1. The second kappa shape index (κ2) is 5.54. The molecule has 0 saturated carbocycles. The number of hydrogen-bond donors (Lipinski definition) is 2. The zero-order chi connectivity index (χ0) is 13.0. The number of carbonyl (C=O) groups is 1. The van der Waals surface area contributed by atoms with Gasteiger partial charge in [0, 0.05) is 5.56 Å². The first-order valence-electron chi connectivity index (χ1n) is 5.23. The third-order valence-corrected chi connectivity index (χ3v) is 2.35. The molecule has 2 N–H and O–H groups in total. The van der Waals surface area contributed by atoms with Crippen LogP contribution in [0.25, 0.3) is 0 Å². The Morgan fingerprint density at radius 1 is 1.47 bits per heavy atom. The van der Waals surface area contributed by atoms with Gasteiger partial charge in [0.25, 0.3) is 0 Å². The number of rotatable bonds is 4. The number of aromatic hydroxyl groups is 1. The molecule has 0 bridgehead atoms. The van der Waals surface area contributed by atoms with Crippen LogP contribution in [0.2, 0.25) is 0 Å². The monoisotopic (exact) mass is 240 g/mol. The van der Waals surface area contributed by atoms with E-state index in [1.807, 2.05) is 0 Å². The molecule has 1 unspecified atom stereocenters. The molecule has 0 aliphatic heterocycles. The molecular weight excluding hydrogens is 224 g/mol. The van der Waals surface area contributed by atoms with E-state index in [-0.39, 0.29) is 17.9 Å². The van der Waals surface area contributed by atoms with Crippen molar-refractivity contribution in [1.82, 2.24) is 0 Å². The fourth-order valence-electron chi connectivity index (χ4n) is 1.42. The van der Waals surface area contributed by atoms with E-state index in [2.05, 4.69) is 0 Å². The second-order valence-corrected chi connectivity index (χ2v) is 3.54. The molecule has 0 heterocycles. The summed E-state index contributed by atoms with van der Waals surface area (Å²) in [6.07, 6.45) is -1.46. The van der Waals surface area contributed by atoms with Crippen LogP contribution < -0.4 is 4.74 Å². The predicted octanol–water partition coefficient (Wildman–Crippen LogP) is 1.31. The molecule has 0 radical (unpaired) electrons. The standard InChI is InChI=1S/C12H16O5/c1-4-17-12(15)11(14)8-6-9(13)7(2)5-10(8)16-3/h5-6,11,13-14H,4H2,1-3H3. The van der Waals surface area contributed by atoms with E-state index in [9.17, 15) is 15.0 Å². The molecular formula is C12H16O5. The lowest BCUT2D eigenvalue weighted by Crippen LogP contribution is -2.16. The van der Waals surface area contributed by atoms with Crippen LogP contribution in [0.4, 0.5) is 0 Å². The number of aryl methyl sites for hydroxylation is 1. The Kier molecular flexibility index (Phi) is 4.34. The van der Waals surface area contributed by atoms with Crippen LogP contribution in [-0.4, -0.2) is 29.9 Å². The van der Waals surface area contributed by atoms with Gasteiger partial charge in [0.15, 0.2) is 6.10 Å². The van der Waals surface area contributed by atoms with E-state index in [4.69, 9.17) is 9.47 Å². The highest BCUT2D eigenvalue weighted by Crippen LogP contribution is 2.32. The number of carbonyl (C=O) groups excluding carboxylic acids is 1. The van der Waals surface area contributed by atoms with Gasteiger partial charge >= 0.3 is 5.97 Å². The summed E-state index contributed by atoms with van der Waals surface area (Å²) in [5.74, 6) is -0.445. The largest absolute Gasteiger partial charge is 0.508 e. The molecule has 0 saturated heterocycles. The minimum absolute atomic E-state index is 0.0100. The first-order chi connectivity index (χ1) is 8.01. The number of phenols is 1. The summed E-state index contributed by atoms with van der Waals surface area (Å²) in [7, 11) is 1.42. The first-order valence-corrected chi connectivity index (χ1v) is 5.23. The Morgan fingerprint density at radius 2 is 2.12 bits per heavy atom.